The summed E-state index contributed by atoms with van der Waals surface area (Å²) in [4.78, 5) is 12.2. The third-order valence-electron chi connectivity index (χ3n) is 2.83. The van der Waals surface area contributed by atoms with Crippen LogP contribution >= 0.6 is 11.6 Å². The van der Waals surface area contributed by atoms with E-state index in [1.165, 1.54) is 0 Å². The van der Waals surface area contributed by atoms with Gasteiger partial charge in [0.1, 0.15) is 5.75 Å². The maximum atomic E-state index is 12.2. The summed E-state index contributed by atoms with van der Waals surface area (Å²) in [5, 5.41) is 2.85. The van der Waals surface area contributed by atoms with Crippen LogP contribution in [-0.4, -0.2) is 12.0 Å². The minimum absolute atomic E-state index is 0.128. The van der Waals surface area contributed by atoms with Crippen LogP contribution in [0.5, 0.6) is 5.75 Å². The molecule has 21 heavy (non-hydrogen) atoms. The number of amides is 1. The van der Waals surface area contributed by atoms with E-state index >= 15 is 0 Å². The van der Waals surface area contributed by atoms with Crippen molar-refractivity contribution in [1.29, 1.82) is 0 Å². The Labute approximate surface area is 129 Å². The molecule has 0 aliphatic heterocycles. The lowest BCUT2D eigenvalue weighted by molar-refractivity contribution is 0.102. The number of nitrogens with one attached hydrogen (secondary N) is 1. The Kier molecular flexibility index (Phi) is 5.23. The van der Waals surface area contributed by atoms with Crippen LogP contribution in [0, 0.1) is 0 Å². The summed E-state index contributed by atoms with van der Waals surface area (Å²) in [6, 6.07) is 14.6. The van der Waals surface area contributed by atoms with Crippen molar-refractivity contribution >= 4 is 23.2 Å². The van der Waals surface area contributed by atoms with Gasteiger partial charge in [0.15, 0.2) is 0 Å². The van der Waals surface area contributed by atoms with Crippen LogP contribution in [-0.2, 0) is 5.88 Å². The lowest BCUT2D eigenvalue weighted by Gasteiger charge is -2.11. The van der Waals surface area contributed by atoms with Gasteiger partial charge in [-0.1, -0.05) is 12.1 Å². The number of alkyl halides is 1. The monoisotopic (exact) mass is 303 g/mol. The number of hydrogen-bond acceptors (Lipinski definition) is 2. The summed E-state index contributed by atoms with van der Waals surface area (Å²) in [5.41, 5.74) is 2.24. The Morgan fingerprint density at radius 1 is 1.19 bits per heavy atom. The highest BCUT2D eigenvalue weighted by atomic mass is 35.5. The van der Waals surface area contributed by atoms with Gasteiger partial charge < -0.3 is 10.1 Å². The van der Waals surface area contributed by atoms with E-state index in [1.807, 2.05) is 50.2 Å². The van der Waals surface area contributed by atoms with Crippen molar-refractivity contribution in [3.63, 3.8) is 0 Å². The highest BCUT2D eigenvalue weighted by Gasteiger charge is 2.07. The lowest BCUT2D eigenvalue weighted by Crippen LogP contribution is -2.12. The molecule has 1 amide bonds. The molecule has 0 spiro atoms. The molecule has 0 bridgehead atoms. The zero-order valence-electron chi connectivity index (χ0n) is 12.1. The number of halogens is 1. The molecule has 2 aromatic rings. The molecule has 0 fully saturated rings. The molecule has 110 valence electrons. The third kappa shape index (κ3) is 4.50. The topological polar surface area (TPSA) is 38.3 Å². The van der Waals surface area contributed by atoms with E-state index in [-0.39, 0.29) is 12.0 Å². The molecule has 0 aliphatic rings. The lowest BCUT2D eigenvalue weighted by atomic mass is 10.1. The number of hydrogen-bond donors (Lipinski definition) is 1. The number of rotatable bonds is 5. The van der Waals surface area contributed by atoms with Gasteiger partial charge >= 0.3 is 0 Å². The second-order valence-corrected chi connectivity index (χ2v) is 5.25. The average molecular weight is 304 g/mol. The maximum absolute atomic E-state index is 12.2. The Morgan fingerprint density at radius 2 is 1.90 bits per heavy atom. The van der Waals surface area contributed by atoms with Crippen LogP contribution in [0.25, 0.3) is 0 Å². The summed E-state index contributed by atoms with van der Waals surface area (Å²) in [6.07, 6.45) is 0.128. The predicted octanol–water partition coefficient (Wildman–Crippen LogP) is 4.46. The van der Waals surface area contributed by atoms with Crippen molar-refractivity contribution in [3.05, 3.63) is 59.7 Å². The molecular weight excluding hydrogens is 286 g/mol. The first-order valence-electron chi connectivity index (χ1n) is 6.81. The maximum Gasteiger partial charge on any atom is 0.255 e. The minimum atomic E-state index is -0.153. The molecule has 2 rings (SSSR count). The van der Waals surface area contributed by atoms with Crippen molar-refractivity contribution in [2.75, 3.05) is 5.32 Å². The molecule has 0 radical (unpaired) electrons. The van der Waals surface area contributed by atoms with Crippen LogP contribution in [0.4, 0.5) is 5.69 Å². The number of carbonyl (C=O) groups is 1. The van der Waals surface area contributed by atoms with Gasteiger partial charge in [0, 0.05) is 17.1 Å². The smallest absolute Gasteiger partial charge is 0.255 e. The Morgan fingerprint density at radius 3 is 2.52 bits per heavy atom. The molecule has 0 aromatic heterocycles. The van der Waals surface area contributed by atoms with Crippen molar-refractivity contribution < 1.29 is 9.53 Å². The standard InChI is InChI=1S/C17H18ClNO2/c1-12(2)21-16-8-6-15(7-9-16)19-17(20)14-5-3-4-13(10-14)11-18/h3-10,12H,11H2,1-2H3,(H,19,20). The highest BCUT2D eigenvalue weighted by Crippen LogP contribution is 2.18. The molecule has 3 nitrogen and oxygen atoms in total. The molecule has 0 saturated carbocycles. The highest BCUT2D eigenvalue weighted by molar-refractivity contribution is 6.17. The molecule has 2 aromatic carbocycles. The molecule has 0 atom stereocenters. The normalized spacial score (nSPS) is 10.5. The fourth-order valence-corrected chi connectivity index (χ4v) is 2.05. The van der Waals surface area contributed by atoms with Crippen molar-refractivity contribution in [3.8, 4) is 5.75 Å². The summed E-state index contributed by atoms with van der Waals surface area (Å²) in [6.45, 7) is 3.94. The van der Waals surface area contributed by atoms with Gasteiger partial charge in [-0.05, 0) is 55.8 Å². The predicted molar refractivity (Wildman–Crippen MR) is 86.2 cm³/mol. The van der Waals surface area contributed by atoms with E-state index in [4.69, 9.17) is 16.3 Å². The van der Waals surface area contributed by atoms with E-state index in [9.17, 15) is 4.79 Å². The van der Waals surface area contributed by atoms with Gasteiger partial charge in [-0.3, -0.25) is 4.79 Å². The van der Waals surface area contributed by atoms with Gasteiger partial charge in [0.25, 0.3) is 5.91 Å². The molecule has 0 unspecified atom stereocenters. The Balaban J connectivity index is 2.05. The van der Waals surface area contributed by atoms with Gasteiger partial charge in [-0.2, -0.15) is 0 Å². The molecular formula is C17H18ClNO2. The van der Waals surface area contributed by atoms with E-state index in [1.54, 1.807) is 12.1 Å². The number of benzene rings is 2. The molecule has 0 saturated heterocycles. The Bertz CT molecular complexity index is 608. The first-order valence-corrected chi connectivity index (χ1v) is 7.35. The first kappa shape index (κ1) is 15.4. The molecule has 0 aliphatic carbocycles. The molecule has 4 heteroatoms. The zero-order valence-corrected chi connectivity index (χ0v) is 12.9. The minimum Gasteiger partial charge on any atom is -0.491 e. The second-order valence-electron chi connectivity index (χ2n) is 4.98. The number of ether oxygens (including phenoxy) is 1. The molecule has 1 N–H and O–H groups in total. The van der Waals surface area contributed by atoms with Gasteiger partial charge in [0.2, 0.25) is 0 Å². The summed E-state index contributed by atoms with van der Waals surface area (Å²) >= 11 is 5.78. The summed E-state index contributed by atoms with van der Waals surface area (Å²) < 4.78 is 5.56. The molecule has 0 heterocycles. The fraction of sp³-hybridized carbons (Fsp3) is 0.235. The fourth-order valence-electron chi connectivity index (χ4n) is 1.89. The van der Waals surface area contributed by atoms with Crippen LogP contribution < -0.4 is 10.1 Å². The first-order chi connectivity index (χ1) is 10.1. The van der Waals surface area contributed by atoms with Crippen molar-refractivity contribution in [2.45, 2.75) is 25.8 Å². The van der Waals surface area contributed by atoms with E-state index < -0.39 is 0 Å². The SMILES string of the molecule is CC(C)Oc1ccc(NC(=O)c2cccc(CCl)c2)cc1. The van der Waals surface area contributed by atoms with E-state index in [0.717, 1.165) is 17.0 Å². The van der Waals surface area contributed by atoms with Crippen molar-refractivity contribution in [2.24, 2.45) is 0 Å². The van der Waals surface area contributed by atoms with E-state index in [0.29, 0.717) is 11.4 Å². The average Bonchev–Trinajstić information content (AvgIpc) is 2.49. The quantitative estimate of drug-likeness (QED) is 0.828. The van der Waals surface area contributed by atoms with Crippen LogP contribution in [0.15, 0.2) is 48.5 Å². The second kappa shape index (κ2) is 7.14. The Hall–Kier alpha value is -2.00. The van der Waals surface area contributed by atoms with E-state index in [2.05, 4.69) is 5.32 Å². The third-order valence-corrected chi connectivity index (χ3v) is 3.14. The van der Waals surface area contributed by atoms with Crippen LogP contribution in [0.2, 0.25) is 0 Å². The summed E-state index contributed by atoms with van der Waals surface area (Å²) in [7, 11) is 0. The van der Waals surface area contributed by atoms with Crippen LogP contribution in [0.1, 0.15) is 29.8 Å². The summed E-state index contributed by atoms with van der Waals surface area (Å²) in [5.74, 6) is 1.02. The largest absolute Gasteiger partial charge is 0.491 e. The number of anilines is 1. The van der Waals surface area contributed by atoms with Gasteiger partial charge in [-0.15, -0.1) is 11.6 Å². The van der Waals surface area contributed by atoms with Crippen LogP contribution in [0.3, 0.4) is 0 Å². The van der Waals surface area contributed by atoms with Crippen molar-refractivity contribution in [1.82, 2.24) is 0 Å². The van der Waals surface area contributed by atoms with Gasteiger partial charge in [-0.25, -0.2) is 0 Å². The number of carbonyl (C=O) groups excluding carboxylic acids is 1. The zero-order chi connectivity index (χ0) is 15.2. The van der Waals surface area contributed by atoms with Gasteiger partial charge in [0.05, 0.1) is 6.10 Å².